The lowest BCUT2D eigenvalue weighted by Crippen LogP contribution is -2.25. The lowest BCUT2D eigenvalue weighted by atomic mass is 10.0. The van der Waals surface area contributed by atoms with Crippen LogP contribution in [0, 0.1) is 20.8 Å². The number of aromatic nitrogens is 3. The highest BCUT2D eigenvalue weighted by atomic mass is 16.5. The fraction of sp³-hybridized carbons (Fsp3) is 0.138. The topological polar surface area (TPSA) is 73.0 Å². The van der Waals surface area contributed by atoms with Gasteiger partial charge in [0.15, 0.2) is 0 Å². The van der Waals surface area contributed by atoms with Gasteiger partial charge in [-0.25, -0.2) is 4.98 Å². The number of nitrogens with one attached hydrogen (secondary N) is 1. The van der Waals surface area contributed by atoms with Crippen LogP contribution in [0.5, 0.6) is 0 Å². The average molecular weight is 463 g/mol. The van der Waals surface area contributed by atoms with E-state index < -0.39 is 0 Å². The molecule has 3 aromatic carbocycles. The summed E-state index contributed by atoms with van der Waals surface area (Å²) in [5.41, 5.74) is 8.63. The number of amides is 1. The van der Waals surface area contributed by atoms with Crippen LogP contribution in [0.15, 0.2) is 89.8 Å². The van der Waals surface area contributed by atoms with Crippen molar-refractivity contribution >= 4 is 5.91 Å². The van der Waals surface area contributed by atoms with Crippen LogP contribution >= 0.6 is 0 Å². The number of hydrogen-bond donors (Lipinski definition) is 1. The quantitative estimate of drug-likeness (QED) is 0.333. The molecule has 2 aromatic heterocycles. The van der Waals surface area contributed by atoms with Crippen LogP contribution < -0.4 is 5.32 Å². The first kappa shape index (κ1) is 22.3. The third-order valence-electron chi connectivity index (χ3n) is 6.03. The average Bonchev–Trinajstić information content (AvgIpc) is 3.50. The SMILES string of the molecule is Cc1cc(C)cc(-c2ccc(-n3cncc3C(=O)NCc3c(-c4ccccc4)noc3C)cc2)c1. The molecule has 6 nitrogen and oxygen atoms in total. The molecule has 0 aliphatic rings. The third-order valence-corrected chi connectivity index (χ3v) is 6.03. The van der Waals surface area contributed by atoms with Crippen molar-refractivity contribution in [2.24, 2.45) is 0 Å². The number of benzene rings is 3. The summed E-state index contributed by atoms with van der Waals surface area (Å²) in [7, 11) is 0. The van der Waals surface area contributed by atoms with Crippen LogP contribution in [0.4, 0.5) is 0 Å². The van der Waals surface area contributed by atoms with E-state index in [-0.39, 0.29) is 5.91 Å². The summed E-state index contributed by atoms with van der Waals surface area (Å²) in [5, 5.41) is 7.19. The van der Waals surface area contributed by atoms with Crippen molar-refractivity contribution in [1.29, 1.82) is 0 Å². The molecule has 2 heterocycles. The van der Waals surface area contributed by atoms with Crippen molar-refractivity contribution in [2.45, 2.75) is 27.3 Å². The molecule has 0 saturated carbocycles. The zero-order valence-electron chi connectivity index (χ0n) is 19.9. The minimum absolute atomic E-state index is 0.222. The second kappa shape index (κ2) is 9.43. The summed E-state index contributed by atoms with van der Waals surface area (Å²) < 4.78 is 7.20. The second-order valence-corrected chi connectivity index (χ2v) is 8.69. The monoisotopic (exact) mass is 462 g/mol. The maximum absolute atomic E-state index is 13.1. The Bertz CT molecular complexity index is 1460. The molecule has 0 bridgehead atoms. The zero-order valence-corrected chi connectivity index (χ0v) is 19.9. The molecule has 5 aromatic rings. The van der Waals surface area contributed by atoms with Crippen LogP contribution in [0.1, 0.15) is 32.9 Å². The Morgan fingerprint density at radius 3 is 2.31 bits per heavy atom. The summed E-state index contributed by atoms with van der Waals surface area (Å²) in [6, 6.07) is 24.5. The van der Waals surface area contributed by atoms with Gasteiger partial charge in [-0.1, -0.05) is 76.9 Å². The number of nitrogens with zero attached hydrogens (tertiary/aromatic N) is 3. The maximum Gasteiger partial charge on any atom is 0.270 e. The molecule has 1 N–H and O–H groups in total. The van der Waals surface area contributed by atoms with Crippen LogP contribution in [-0.4, -0.2) is 20.6 Å². The van der Waals surface area contributed by atoms with Gasteiger partial charge in [0.25, 0.3) is 5.91 Å². The molecule has 1 amide bonds. The van der Waals surface area contributed by atoms with Gasteiger partial charge in [-0.15, -0.1) is 0 Å². The highest BCUT2D eigenvalue weighted by molar-refractivity contribution is 5.93. The molecular formula is C29H26N4O2. The van der Waals surface area contributed by atoms with Gasteiger partial charge in [0.1, 0.15) is 17.1 Å². The molecule has 5 rings (SSSR count). The Kier molecular flexibility index (Phi) is 6.02. The predicted octanol–water partition coefficient (Wildman–Crippen LogP) is 6.05. The molecule has 0 fully saturated rings. The molecule has 174 valence electrons. The van der Waals surface area contributed by atoms with Gasteiger partial charge in [-0.05, 0) is 44.0 Å². The minimum atomic E-state index is -0.222. The van der Waals surface area contributed by atoms with Gasteiger partial charge < -0.3 is 9.84 Å². The summed E-state index contributed by atoms with van der Waals surface area (Å²) >= 11 is 0. The number of imidazole rings is 1. The zero-order chi connectivity index (χ0) is 24.4. The largest absolute Gasteiger partial charge is 0.361 e. The Balaban J connectivity index is 1.35. The number of hydrogen-bond acceptors (Lipinski definition) is 4. The van der Waals surface area contributed by atoms with Crippen molar-refractivity contribution in [2.75, 3.05) is 0 Å². The lowest BCUT2D eigenvalue weighted by Gasteiger charge is -2.11. The van der Waals surface area contributed by atoms with E-state index in [0.29, 0.717) is 18.0 Å². The van der Waals surface area contributed by atoms with Crippen LogP contribution in [0.25, 0.3) is 28.1 Å². The van der Waals surface area contributed by atoms with Crippen LogP contribution in [0.3, 0.4) is 0 Å². The predicted molar refractivity (Wildman–Crippen MR) is 136 cm³/mol. The van der Waals surface area contributed by atoms with Crippen LogP contribution in [0.2, 0.25) is 0 Å². The molecule has 0 spiro atoms. The third kappa shape index (κ3) is 4.64. The van der Waals surface area contributed by atoms with Gasteiger partial charge >= 0.3 is 0 Å². The first-order valence-corrected chi connectivity index (χ1v) is 11.5. The van der Waals surface area contributed by atoms with E-state index in [1.807, 2.05) is 49.4 Å². The van der Waals surface area contributed by atoms with Crippen LogP contribution in [-0.2, 0) is 6.54 Å². The van der Waals surface area contributed by atoms with Crippen molar-refractivity contribution in [3.05, 3.63) is 113 Å². The standard InChI is InChI=1S/C29H26N4O2/c1-19-13-20(2)15-24(14-19)22-9-11-25(12-10-22)33-18-30-17-27(33)29(34)31-16-26-21(3)35-32-28(26)23-7-5-4-6-8-23/h4-15,17-18H,16H2,1-3H3,(H,31,34). The van der Waals surface area contributed by atoms with E-state index in [2.05, 4.69) is 59.6 Å². The van der Waals surface area contributed by atoms with Gasteiger partial charge in [0, 0.05) is 23.4 Å². The van der Waals surface area contributed by atoms with Gasteiger partial charge in [-0.3, -0.25) is 9.36 Å². The molecule has 0 radical (unpaired) electrons. The Morgan fingerprint density at radius 2 is 1.60 bits per heavy atom. The molecule has 0 atom stereocenters. The fourth-order valence-electron chi connectivity index (χ4n) is 4.31. The summed E-state index contributed by atoms with van der Waals surface area (Å²) in [6.45, 7) is 6.36. The summed E-state index contributed by atoms with van der Waals surface area (Å²) in [5.74, 6) is 0.458. The Morgan fingerprint density at radius 1 is 0.886 bits per heavy atom. The number of rotatable bonds is 6. The fourth-order valence-corrected chi connectivity index (χ4v) is 4.31. The molecular weight excluding hydrogens is 436 g/mol. The smallest absolute Gasteiger partial charge is 0.270 e. The summed E-state index contributed by atoms with van der Waals surface area (Å²) in [4.78, 5) is 17.3. The Labute approximate surface area is 204 Å². The molecule has 0 aliphatic heterocycles. The molecule has 0 unspecified atom stereocenters. The Hall–Kier alpha value is -4.45. The van der Waals surface area contributed by atoms with Crippen molar-refractivity contribution in [3.63, 3.8) is 0 Å². The van der Waals surface area contributed by atoms with Crippen molar-refractivity contribution < 1.29 is 9.32 Å². The highest BCUT2D eigenvalue weighted by Gasteiger charge is 2.18. The molecule has 35 heavy (non-hydrogen) atoms. The number of carbonyl (C=O) groups excluding carboxylic acids is 1. The summed E-state index contributed by atoms with van der Waals surface area (Å²) in [6.07, 6.45) is 3.23. The van der Waals surface area contributed by atoms with E-state index in [4.69, 9.17) is 4.52 Å². The minimum Gasteiger partial charge on any atom is -0.361 e. The van der Waals surface area contributed by atoms with Gasteiger partial charge in [-0.2, -0.15) is 0 Å². The van der Waals surface area contributed by atoms with Gasteiger partial charge in [0.2, 0.25) is 0 Å². The first-order chi connectivity index (χ1) is 17.0. The second-order valence-electron chi connectivity index (χ2n) is 8.69. The number of aryl methyl sites for hydroxylation is 3. The van der Waals surface area contributed by atoms with E-state index in [1.165, 1.54) is 16.7 Å². The van der Waals surface area contributed by atoms with E-state index in [1.54, 1.807) is 17.1 Å². The highest BCUT2D eigenvalue weighted by Crippen LogP contribution is 2.26. The van der Waals surface area contributed by atoms with Crippen molar-refractivity contribution in [1.82, 2.24) is 20.0 Å². The number of carbonyl (C=O) groups is 1. The first-order valence-electron chi connectivity index (χ1n) is 11.5. The van der Waals surface area contributed by atoms with Crippen molar-refractivity contribution in [3.8, 4) is 28.1 Å². The molecule has 0 saturated heterocycles. The molecule has 0 aliphatic carbocycles. The van der Waals surface area contributed by atoms with Gasteiger partial charge in [0.05, 0.1) is 12.5 Å². The van der Waals surface area contributed by atoms with E-state index in [0.717, 1.165) is 28.1 Å². The lowest BCUT2D eigenvalue weighted by molar-refractivity contribution is 0.0944. The normalized spacial score (nSPS) is 10.9. The maximum atomic E-state index is 13.1. The van der Waals surface area contributed by atoms with E-state index >= 15 is 0 Å². The van der Waals surface area contributed by atoms with E-state index in [9.17, 15) is 4.79 Å². The molecule has 6 heteroatoms.